The van der Waals surface area contributed by atoms with Crippen molar-refractivity contribution in [1.82, 2.24) is 0 Å². The van der Waals surface area contributed by atoms with Gasteiger partial charge in [0.1, 0.15) is 0 Å². The zero-order chi connectivity index (χ0) is 11.4. The summed E-state index contributed by atoms with van der Waals surface area (Å²) >= 11 is 5.95. The predicted octanol–water partition coefficient (Wildman–Crippen LogP) is 4.34. The minimum atomic E-state index is -0.336. The SMILES string of the molecule is O[C@H](c1cccc(Cl)c1)C1CCCCCC1. The zero-order valence-corrected chi connectivity index (χ0v) is 10.3. The Morgan fingerprint density at radius 3 is 2.44 bits per heavy atom. The summed E-state index contributed by atoms with van der Waals surface area (Å²) in [5, 5.41) is 11.0. The van der Waals surface area contributed by atoms with E-state index in [0.29, 0.717) is 10.9 Å². The minimum Gasteiger partial charge on any atom is -0.388 e. The molecule has 0 aromatic heterocycles. The molecular weight excluding hydrogens is 220 g/mol. The molecule has 0 spiro atoms. The van der Waals surface area contributed by atoms with Gasteiger partial charge in [-0.1, -0.05) is 49.4 Å². The maximum atomic E-state index is 10.3. The number of hydrogen-bond donors (Lipinski definition) is 1. The van der Waals surface area contributed by atoms with E-state index in [2.05, 4.69) is 0 Å². The van der Waals surface area contributed by atoms with E-state index in [1.54, 1.807) is 0 Å². The molecule has 1 aromatic carbocycles. The van der Waals surface area contributed by atoms with Crippen molar-refractivity contribution in [2.45, 2.75) is 44.6 Å². The number of halogens is 1. The molecule has 1 saturated carbocycles. The molecular formula is C14H19ClO. The third kappa shape index (κ3) is 2.99. The first-order chi connectivity index (χ1) is 7.77. The fourth-order valence-corrected chi connectivity index (χ4v) is 2.79. The second kappa shape index (κ2) is 5.70. The van der Waals surface area contributed by atoms with Crippen LogP contribution in [0.2, 0.25) is 5.02 Å². The van der Waals surface area contributed by atoms with E-state index in [-0.39, 0.29) is 6.10 Å². The number of benzene rings is 1. The van der Waals surface area contributed by atoms with Gasteiger partial charge in [-0.2, -0.15) is 0 Å². The zero-order valence-electron chi connectivity index (χ0n) is 9.53. The van der Waals surface area contributed by atoms with E-state index < -0.39 is 0 Å². The van der Waals surface area contributed by atoms with Gasteiger partial charge in [0.2, 0.25) is 0 Å². The maximum Gasteiger partial charge on any atom is 0.0818 e. The average Bonchev–Trinajstić information content (AvgIpc) is 2.56. The Balaban J connectivity index is 2.07. The standard InChI is InChI=1S/C14H19ClO/c15-13-9-5-8-12(10-13)14(16)11-6-3-1-2-4-7-11/h5,8-11,14,16H,1-4,6-7H2/t14-/m0/s1. The smallest absolute Gasteiger partial charge is 0.0818 e. The molecule has 1 atom stereocenters. The molecule has 16 heavy (non-hydrogen) atoms. The summed E-state index contributed by atoms with van der Waals surface area (Å²) in [6.07, 6.45) is 7.10. The van der Waals surface area contributed by atoms with E-state index in [4.69, 9.17) is 11.6 Å². The van der Waals surface area contributed by atoms with Crippen molar-refractivity contribution in [3.8, 4) is 0 Å². The Hall–Kier alpha value is -0.530. The van der Waals surface area contributed by atoms with Crippen LogP contribution in [0.25, 0.3) is 0 Å². The number of rotatable bonds is 2. The van der Waals surface area contributed by atoms with Gasteiger partial charge in [0, 0.05) is 5.02 Å². The van der Waals surface area contributed by atoms with Crippen LogP contribution in [0.15, 0.2) is 24.3 Å². The van der Waals surface area contributed by atoms with E-state index in [1.807, 2.05) is 24.3 Å². The van der Waals surface area contributed by atoms with Crippen molar-refractivity contribution in [3.63, 3.8) is 0 Å². The lowest BCUT2D eigenvalue weighted by molar-refractivity contribution is 0.0988. The summed E-state index contributed by atoms with van der Waals surface area (Å²) < 4.78 is 0. The summed E-state index contributed by atoms with van der Waals surface area (Å²) in [5.74, 6) is 0.418. The molecule has 2 rings (SSSR count). The molecule has 1 N–H and O–H groups in total. The first kappa shape index (κ1) is 11.9. The van der Waals surface area contributed by atoms with Crippen LogP contribution in [0.5, 0.6) is 0 Å². The molecule has 0 amide bonds. The van der Waals surface area contributed by atoms with Crippen molar-refractivity contribution in [2.75, 3.05) is 0 Å². The molecule has 0 heterocycles. The van der Waals surface area contributed by atoms with E-state index in [1.165, 1.54) is 25.7 Å². The van der Waals surface area contributed by atoms with Crippen LogP contribution in [0.1, 0.15) is 50.2 Å². The van der Waals surface area contributed by atoms with Gasteiger partial charge in [0.25, 0.3) is 0 Å². The minimum absolute atomic E-state index is 0.336. The van der Waals surface area contributed by atoms with Crippen LogP contribution >= 0.6 is 11.6 Å². The summed E-state index contributed by atoms with van der Waals surface area (Å²) in [6, 6.07) is 7.63. The molecule has 1 aromatic rings. The van der Waals surface area contributed by atoms with Gasteiger partial charge in [-0.3, -0.25) is 0 Å². The lowest BCUT2D eigenvalue weighted by Crippen LogP contribution is -2.11. The Labute approximate surface area is 102 Å². The molecule has 1 aliphatic rings. The van der Waals surface area contributed by atoms with E-state index in [0.717, 1.165) is 18.4 Å². The highest BCUT2D eigenvalue weighted by Gasteiger charge is 2.21. The lowest BCUT2D eigenvalue weighted by atomic mass is 9.89. The normalized spacial score (nSPS) is 20.4. The fourth-order valence-electron chi connectivity index (χ4n) is 2.59. The van der Waals surface area contributed by atoms with Crippen molar-refractivity contribution >= 4 is 11.6 Å². The summed E-state index contributed by atoms with van der Waals surface area (Å²) in [6.45, 7) is 0. The second-order valence-electron chi connectivity index (χ2n) is 4.75. The van der Waals surface area contributed by atoms with Crippen LogP contribution in [0.4, 0.5) is 0 Å². The van der Waals surface area contributed by atoms with Crippen LogP contribution in [0, 0.1) is 5.92 Å². The highest BCUT2D eigenvalue weighted by molar-refractivity contribution is 6.30. The predicted molar refractivity (Wildman–Crippen MR) is 67.6 cm³/mol. The highest BCUT2D eigenvalue weighted by Crippen LogP contribution is 2.33. The molecule has 1 nitrogen and oxygen atoms in total. The van der Waals surface area contributed by atoms with Gasteiger partial charge in [-0.15, -0.1) is 0 Å². The highest BCUT2D eigenvalue weighted by atomic mass is 35.5. The molecule has 0 aliphatic heterocycles. The van der Waals surface area contributed by atoms with Crippen LogP contribution in [-0.2, 0) is 0 Å². The molecule has 0 radical (unpaired) electrons. The second-order valence-corrected chi connectivity index (χ2v) is 5.19. The first-order valence-corrected chi connectivity index (χ1v) is 6.59. The third-order valence-corrected chi connectivity index (χ3v) is 3.77. The molecule has 88 valence electrons. The Kier molecular flexibility index (Phi) is 4.25. The van der Waals surface area contributed by atoms with Crippen LogP contribution in [-0.4, -0.2) is 5.11 Å². The third-order valence-electron chi connectivity index (χ3n) is 3.54. The quantitative estimate of drug-likeness (QED) is 0.760. The molecule has 1 fully saturated rings. The molecule has 0 saturated heterocycles. The number of aliphatic hydroxyl groups excluding tert-OH is 1. The van der Waals surface area contributed by atoms with E-state index in [9.17, 15) is 5.11 Å². The van der Waals surface area contributed by atoms with Gasteiger partial charge in [0.05, 0.1) is 6.10 Å². The van der Waals surface area contributed by atoms with Gasteiger partial charge >= 0.3 is 0 Å². The monoisotopic (exact) mass is 238 g/mol. The Morgan fingerprint density at radius 1 is 1.12 bits per heavy atom. The molecule has 0 unspecified atom stereocenters. The van der Waals surface area contributed by atoms with Crippen LogP contribution in [0.3, 0.4) is 0 Å². The summed E-state index contributed by atoms with van der Waals surface area (Å²) in [5.41, 5.74) is 0.972. The van der Waals surface area contributed by atoms with Crippen LogP contribution < -0.4 is 0 Å². The lowest BCUT2D eigenvalue weighted by Gasteiger charge is -2.21. The average molecular weight is 239 g/mol. The number of hydrogen-bond acceptors (Lipinski definition) is 1. The summed E-state index contributed by atoms with van der Waals surface area (Å²) in [4.78, 5) is 0. The van der Waals surface area contributed by atoms with Gasteiger partial charge < -0.3 is 5.11 Å². The summed E-state index contributed by atoms with van der Waals surface area (Å²) in [7, 11) is 0. The van der Waals surface area contributed by atoms with Crippen molar-refractivity contribution in [3.05, 3.63) is 34.9 Å². The molecule has 2 heteroatoms. The molecule has 0 bridgehead atoms. The Morgan fingerprint density at radius 2 is 1.81 bits per heavy atom. The van der Waals surface area contributed by atoms with Crippen molar-refractivity contribution < 1.29 is 5.11 Å². The van der Waals surface area contributed by atoms with E-state index >= 15 is 0 Å². The van der Waals surface area contributed by atoms with Gasteiger partial charge in [0.15, 0.2) is 0 Å². The topological polar surface area (TPSA) is 20.2 Å². The first-order valence-electron chi connectivity index (χ1n) is 6.21. The number of aliphatic hydroxyl groups is 1. The maximum absolute atomic E-state index is 10.3. The van der Waals surface area contributed by atoms with Crippen molar-refractivity contribution in [1.29, 1.82) is 0 Å². The van der Waals surface area contributed by atoms with Crippen molar-refractivity contribution in [2.24, 2.45) is 5.92 Å². The largest absolute Gasteiger partial charge is 0.388 e. The van der Waals surface area contributed by atoms with Gasteiger partial charge in [-0.05, 0) is 36.5 Å². The fraction of sp³-hybridized carbons (Fsp3) is 0.571. The van der Waals surface area contributed by atoms with Gasteiger partial charge in [-0.25, -0.2) is 0 Å². The molecule has 1 aliphatic carbocycles. The Bertz CT molecular complexity index is 329.